The lowest BCUT2D eigenvalue weighted by Crippen LogP contribution is -2.50. The highest BCUT2D eigenvalue weighted by molar-refractivity contribution is 5.86. The summed E-state index contributed by atoms with van der Waals surface area (Å²) >= 11 is 0. The van der Waals surface area contributed by atoms with Crippen LogP contribution in [0.1, 0.15) is 33.6 Å². The highest BCUT2D eigenvalue weighted by Crippen LogP contribution is 2.14. The Morgan fingerprint density at radius 3 is 2.61 bits per heavy atom. The number of nitrogens with one attached hydrogen (secondary N) is 2. The molecule has 1 aliphatic rings. The molecule has 6 heteroatoms. The summed E-state index contributed by atoms with van der Waals surface area (Å²) in [6.45, 7) is 6.09. The molecule has 1 saturated heterocycles. The summed E-state index contributed by atoms with van der Waals surface area (Å²) in [6, 6.07) is -0.706. The van der Waals surface area contributed by atoms with Crippen molar-refractivity contribution in [2.45, 2.75) is 45.2 Å². The molecular formula is C12H21N3O3. The van der Waals surface area contributed by atoms with E-state index in [0.29, 0.717) is 13.0 Å². The SMILES string of the molecule is CC(C)(C)NC(=O)NCC(=O)N1CCC[C@H]1C=O. The van der Waals surface area contributed by atoms with Crippen LogP contribution in [0.5, 0.6) is 0 Å². The molecule has 1 fully saturated rings. The second-order valence-electron chi connectivity index (χ2n) is 5.49. The highest BCUT2D eigenvalue weighted by Gasteiger charge is 2.28. The first-order valence-corrected chi connectivity index (χ1v) is 6.14. The van der Waals surface area contributed by atoms with Gasteiger partial charge in [0.15, 0.2) is 0 Å². The zero-order valence-corrected chi connectivity index (χ0v) is 11.2. The Labute approximate surface area is 107 Å². The number of carbonyl (C=O) groups excluding carboxylic acids is 3. The summed E-state index contributed by atoms with van der Waals surface area (Å²) < 4.78 is 0. The van der Waals surface area contributed by atoms with E-state index in [1.54, 1.807) is 0 Å². The number of rotatable bonds is 3. The molecule has 0 aliphatic carbocycles. The molecule has 0 bridgehead atoms. The van der Waals surface area contributed by atoms with Crippen LogP contribution in [0, 0.1) is 0 Å². The first-order valence-electron chi connectivity index (χ1n) is 6.14. The zero-order chi connectivity index (χ0) is 13.8. The van der Waals surface area contributed by atoms with E-state index in [1.165, 1.54) is 4.90 Å². The Bertz CT molecular complexity index is 336. The number of urea groups is 1. The van der Waals surface area contributed by atoms with Gasteiger partial charge in [0, 0.05) is 12.1 Å². The molecule has 0 unspecified atom stereocenters. The van der Waals surface area contributed by atoms with Gasteiger partial charge in [0.25, 0.3) is 0 Å². The van der Waals surface area contributed by atoms with E-state index in [2.05, 4.69) is 10.6 Å². The maximum absolute atomic E-state index is 11.8. The highest BCUT2D eigenvalue weighted by atomic mass is 16.2. The molecule has 0 radical (unpaired) electrons. The summed E-state index contributed by atoms with van der Waals surface area (Å²) in [5.41, 5.74) is -0.341. The van der Waals surface area contributed by atoms with Gasteiger partial charge in [-0.15, -0.1) is 0 Å². The third-order valence-corrected chi connectivity index (χ3v) is 2.67. The molecule has 1 aliphatic heterocycles. The van der Waals surface area contributed by atoms with Crippen molar-refractivity contribution in [1.29, 1.82) is 0 Å². The monoisotopic (exact) mass is 255 g/mol. The predicted octanol–water partition coefficient (Wildman–Crippen LogP) is 0.274. The van der Waals surface area contributed by atoms with Gasteiger partial charge >= 0.3 is 6.03 Å². The summed E-state index contributed by atoms with van der Waals surface area (Å²) in [4.78, 5) is 35.5. The number of hydrogen-bond donors (Lipinski definition) is 2. The third-order valence-electron chi connectivity index (χ3n) is 2.67. The fraction of sp³-hybridized carbons (Fsp3) is 0.750. The molecule has 2 N–H and O–H groups in total. The summed E-state index contributed by atoms with van der Waals surface area (Å²) in [7, 11) is 0. The Hall–Kier alpha value is -1.59. The van der Waals surface area contributed by atoms with Crippen molar-refractivity contribution in [3.63, 3.8) is 0 Å². The van der Waals surface area contributed by atoms with Crippen LogP contribution < -0.4 is 10.6 Å². The molecule has 0 aromatic rings. The van der Waals surface area contributed by atoms with Crippen LogP contribution in [0.4, 0.5) is 4.79 Å². The Morgan fingerprint density at radius 2 is 2.06 bits per heavy atom. The molecule has 0 saturated carbocycles. The summed E-state index contributed by atoms with van der Waals surface area (Å²) in [6.07, 6.45) is 2.34. The molecule has 0 aromatic heterocycles. The number of hydrogen-bond acceptors (Lipinski definition) is 3. The van der Waals surface area contributed by atoms with Crippen molar-refractivity contribution in [2.24, 2.45) is 0 Å². The molecule has 3 amide bonds. The van der Waals surface area contributed by atoms with Gasteiger partial charge in [0.05, 0.1) is 12.6 Å². The van der Waals surface area contributed by atoms with Crippen LogP contribution in [0.2, 0.25) is 0 Å². The zero-order valence-electron chi connectivity index (χ0n) is 11.2. The van der Waals surface area contributed by atoms with Crippen molar-refractivity contribution in [3.05, 3.63) is 0 Å². The van der Waals surface area contributed by atoms with Gasteiger partial charge < -0.3 is 20.3 Å². The average Bonchev–Trinajstić information content (AvgIpc) is 2.71. The molecule has 1 rings (SSSR count). The second-order valence-corrected chi connectivity index (χ2v) is 5.49. The van der Waals surface area contributed by atoms with Crippen molar-refractivity contribution < 1.29 is 14.4 Å². The Balaban J connectivity index is 2.37. The number of carbonyl (C=O) groups is 3. The van der Waals surface area contributed by atoms with Gasteiger partial charge in [0.2, 0.25) is 5.91 Å². The Kier molecular flexibility index (Phi) is 4.69. The van der Waals surface area contributed by atoms with Crippen molar-refractivity contribution >= 4 is 18.2 Å². The average molecular weight is 255 g/mol. The molecule has 18 heavy (non-hydrogen) atoms. The van der Waals surface area contributed by atoms with Gasteiger partial charge in [0.1, 0.15) is 6.29 Å². The topological polar surface area (TPSA) is 78.5 Å². The molecule has 1 heterocycles. The van der Waals surface area contributed by atoms with E-state index in [0.717, 1.165) is 12.7 Å². The minimum Gasteiger partial charge on any atom is -0.334 e. The first kappa shape index (κ1) is 14.5. The number of likely N-dealkylation sites (tertiary alicyclic amines) is 1. The van der Waals surface area contributed by atoms with E-state index in [4.69, 9.17) is 0 Å². The fourth-order valence-electron chi connectivity index (χ4n) is 1.89. The van der Waals surface area contributed by atoms with Crippen LogP contribution in [0.25, 0.3) is 0 Å². The first-order chi connectivity index (χ1) is 8.33. The molecular weight excluding hydrogens is 234 g/mol. The minimum absolute atomic E-state index is 0.0771. The molecule has 0 aromatic carbocycles. The van der Waals surface area contributed by atoms with Crippen LogP contribution in [0.15, 0.2) is 0 Å². The molecule has 1 atom stereocenters. The van der Waals surface area contributed by atoms with Gasteiger partial charge in [-0.25, -0.2) is 4.79 Å². The smallest absolute Gasteiger partial charge is 0.315 e. The van der Waals surface area contributed by atoms with Gasteiger partial charge in [-0.3, -0.25) is 4.79 Å². The number of aldehydes is 1. The number of nitrogens with zero attached hydrogens (tertiary/aromatic N) is 1. The largest absolute Gasteiger partial charge is 0.334 e. The quantitative estimate of drug-likeness (QED) is 0.711. The molecule has 6 nitrogen and oxygen atoms in total. The van der Waals surface area contributed by atoms with E-state index in [9.17, 15) is 14.4 Å². The molecule has 0 spiro atoms. The van der Waals surface area contributed by atoms with E-state index < -0.39 is 0 Å². The maximum atomic E-state index is 11.8. The third kappa shape index (κ3) is 4.35. The number of amides is 3. The lowest BCUT2D eigenvalue weighted by atomic mass is 10.1. The van der Waals surface area contributed by atoms with Gasteiger partial charge in [-0.2, -0.15) is 0 Å². The van der Waals surface area contributed by atoms with Crippen LogP contribution in [-0.4, -0.2) is 47.8 Å². The summed E-state index contributed by atoms with van der Waals surface area (Å²) in [5.74, 6) is -0.214. The van der Waals surface area contributed by atoms with Crippen LogP contribution in [-0.2, 0) is 9.59 Å². The summed E-state index contributed by atoms with van der Waals surface area (Å²) in [5, 5.41) is 5.20. The minimum atomic E-state index is -0.377. The van der Waals surface area contributed by atoms with E-state index >= 15 is 0 Å². The predicted molar refractivity (Wildman–Crippen MR) is 67.1 cm³/mol. The second kappa shape index (κ2) is 5.84. The van der Waals surface area contributed by atoms with Crippen LogP contribution in [0.3, 0.4) is 0 Å². The van der Waals surface area contributed by atoms with E-state index in [-0.39, 0.29) is 30.1 Å². The lowest BCUT2D eigenvalue weighted by Gasteiger charge is -2.23. The van der Waals surface area contributed by atoms with Crippen molar-refractivity contribution in [3.8, 4) is 0 Å². The fourth-order valence-corrected chi connectivity index (χ4v) is 1.89. The normalized spacial score (nSPS) is 19.5. The van der Waals surface area contributed by atoms with Crippen molar-refractivity contribution in [2.75, 3.05) is 13.1 Å². The lowest BCUT2D eigenvalue weighted by molar-refractivity contribution is -0.133. The van der Waals surface area contributed by atoms with E-state index in [1.807, 2.05) is 20.8 Å². The van der Waals surface area contributed by atoms with Gasteiger partial charge in [-0.1, -0.05) is 0 Å². The standard InChI is InChI=1S/C12H21N3O3/c1-12(2,3)14-11(18)13-7-10(17)15-6-4-5-9(15)8-16/h8-9H,4-7H2,1-3H3,(H2,13,14,18)/t9-/m0/s1. The molecule has 102 valence electrons. The van der Waals surface area contributed by atoms with Crippen LogP contribution >= 0.6 is 0 Å². The Morgan fingerprint density at radius 1 is 1.39 bits per heavy atom. The maximum Gasteiger partial charge on any atom is 0.315 e. The van der Waals surface area contributed by atoms with Crippen molar-refractivity contribution in [1.82, 2.24) is 15.5 Å². The van der Waals surface area contributed by atoms with Gasteiger partial charge in [-0.05, 0) is 33.6 Å².